The van der Waals surface area contributed by atoms with E-state index in [2.05, 4.69) is 24.5 Å². The number of aliphatic hydroxyl groups excluding tert-OH is 1. The molecule has 3 atom stereocenters. The summed E-state index contributed by atoms with van der Waals surface area (Å²) >= 11 is 0. The van der Waals surface area contributed by atoms with E-state index in [1.807, 2.05) is 13.8 Å². The largest absolute Gasteiger partial charge is 0.393 e. The topological polar surface area (TPSA) is 61.4 Å². The van der Waals surface area contributed by atoms with E-state index in [4.69, 9.17) is 0 Å². The quantitative estimate of drug-likeness (QED) is 0.605. The average Bonchev–Trinajstić information content (AvgIpc) is 2.23. The summed E-state index contributed by atoms with van der Waals surface area (Å²) in [5.74, 6) is 0.0381. The molecular formula is C13H28N2O2. The fraction of sp³-hybridized carbons (Fsp3) is 0.923. The zero-order valence-electron chi connectivity index (χ0n) is 11.8. The Morgan fingerprint density at radius 1 is 1.18 bits per heavy atom. The van der Waals surface area contributed by atoms with Gasteiger partial charge >= 0.3 is 0 Å². The van der Waals surface area contributed by atoms with Gasteiger partial charge in [0.05, 0.1) is 12.1 Å². The molecule has 0 aromatic rings. The number of nitrogens with one attached hydrogen (secondary N) is 2. The van der Waals surface area contributed by atoms with E-state index in [-0.39, 0.29) is 30.1 Å². The van der Waals surface area contributed by atoms with Gasteiger partial charge in [-0.15, -0.1) is 0 Å². The van der Waals surface area contributed by atoms with Crippen molar-refractivity contribution in [2.24, 2.45) is 0 Å². The lowest BCUT2D eigenvalue weighted by atomic mass is 10.1. The zero-order chi connectivity index (χ0) is 13.4. The highest BCUT2D eigenvalue weighted by Gasteiger charge is 2.18. The Morgan fingerprint density at radius 2 is 1.71 bits per heavy atom. The van der Waals surface area contributed by atoms with Gasteiger partial charge in [0.25, 0.3) is 0 Å². The summed E-state index contributed by atoms with van der Waals surface area (Å²) in [5.41, 5.74) is 0. The number of carbonyl (C=O) groups excluding carboxylic acids is 1. The fourth-order valence-corrected chi connectivity index (χ4v) is 1.90. The van der Waals surface area contributed by atoms with E-state index in [0.29, 0.717) is 6.42 Å². The molecule has 0 aliphatic heterocycles. The highest BCUT2D eigenvalue weighted by Crippen LogP contribution is 2.00. The van der Waals surface area contributed by atoms with Crippen LogP contribution in [0.1, 0.15) is 53.9 Å². The van der Waals surface area contributed by atoms with Crippen LogP contribution in [0.4, 0.5) is 0 Å². The molecule has 3 N–H and O–H groups in total. The standard InChI is InChI=1S/C13H28N2O2/c1-6-12(7-2)15-13(17)11(5)14-9(3)8-10(4)16/h9-12,14,16H,6-8H2,1-5H3,(H,15,17). The van der Waals surface area contributed by atoms with E-state index in [0.717, 1.165) is 12.8 Å². The van der Waals surface area contributed by atoms with Crippen LogP contribution in [0.15, 0.2) is 0 Å². The van der Waals surface area contributed by atoms with Gasteiger partial charge in [0.1, 0.15) is 0 Å². The van der Waals surface area contributed by atoms with Crippen molar-refractivity contribution >= 4 is 5.91 Å². The second kappa shape index (κ2) is 8.48. The van der Waals surface area contributed by atoms with E-state index in [9.17, 15) is 9.90 Å². The molecule has 0 fully saturated rings. The first-order valence-electron chi connectivity index (χ1n) is 6.65. The number of carbonyl (C=O) groups is 1. The van der Waals surface area contributed by atoms with Crippen LogP contribution in [0.5, 0.6) is 0 Å². The van der Waals surface area contributed by atoms with Crippen LogP contribution >= 0.6 is 0 Å². The van der Waals surface area contributed by atoms with Crippen molar-refractivity contribution in [2.45, 2.75) is 78.1 Å². The normalized spacial score (nSPS) is 16.6. The van der Waals surface area contributed by atoms with Crippen molar-refractivity contribution in [2.75, 3.05) is 0 Å². The Morgan fingerprint density at radius 3 is 2.12 bits per heavy atom. The van der Waals surface area contributed by atoms with Gasteiger partial charge in [-0.1, -0.05) is 13.8 Å². The highest BCUT2D eigenvalue weighted by molar-refractivity contribution is 5.81. The predicted molar refractivity (Wildman–Crippen MR) is 70.9 cm³/mol. The van der Waals surface area contributed by atoms with E-state index in [1.54, 1.807) is 6.92 Å². The first-order chi connectivity index (χ1) is 7.90. The minimum absolute atomic E-state index is 0.0381. The molecule has 0 saturated heterocycles. The van der Waals surface area contributed by atoms with Gasteiger partial charge in [-0.3, -0.25) is 4.79 Å². The fourth-order valence-electron chi connectivity index (χ4n) is 1.90. The van der Waals surface area contributed by atoms with Crippen molar-refractivity contribution in [3.05, 3.63) is 0 Å². The zero-order valence-corrected chi connectivity index (χ0v) is 11.8. The molecule has 0 bridgehead atoms. The molecule has 0 aromatic heterocycles. The van der Waals surface area contributed by atoms with Gasteiger partial charge in [0, 0.05) is 12.1 Å². The molecule has 102 valence electrons. The third kappa shape index (κ3) is 7.34. The van der Waals surface area contributed by atoms with Crippen molar-refractivity contribution in [3.8, 4) is 0 Å². The monoisotopic (exact) mass is 244 g/mol. The Bertz CT molecular complexity index is 215. The van der Waals surface area contributed by atoms with Gasteiger partial charge in [-0.2, -0.15) is 0 Å². The molecule has 3 unspecified atom stereocenters. The summed E-state index contributed by atoms with van der Waals surface area (Å²) in [4.78, 5) is 11.9. The highest BCUT2D eigenvalue weighted by atomic mass is 16.3. The molecule has 0 heterocycles. The molecular weight excluding hydrogens is 216 g/mol. The van der Waals surface area contributed by atoms with Gasteiger partial charge in [0.15, 0.2) is 0 Å². The summed E-state index contributed by atoms with van der Waals surface area (Å²) in [6, 6.07) is 0.181. The lowest BCUT2D eigenvalue weighted by Gasteiger charge is -2.23. The SMILES string of the molecule is CCC(CC)NC(=O)C(C)NC(C)CC(C)O. The molecule has 4 heteroatoms. The number of rotatable bonds is 8. The minimum atomic E-state index is -0.341. The van der Waals surface area contributed by atoms with Crippen LogP contribution in [0.3, 0.4) is 0 Å². The molecule has 0 rings (SSSR count). The number of hydrogen-bond donors (Lipinski definition) is 3. The summed E-state index contributed by atoms with van der Waals surface area (Å²) < 4.78 is 0. The van der Waals surface area contributed by atoms with Gasteiger partial charge in [-0.25, -0.2) is 0 Å². The van der Waals surface area contributed by atoms with Gasteiger partial charge < -0.3 is 15.7 Å². The number of hydrogen-bond acceptors (Lipinski definition) is 3. The molecule has 0 aliphatic rings. The van der Waals surface area contributed by atoms with Crippen LogP contribution in [0.2, 0.25) is 0 Å². The van der Waals surface area contributed by atoms with Crippen molar-refractivity contribution < 1.29 is 9.90 Å². The lowest BCUT2D eigenvalue weighted by molar-refractivity contribution is -0.123. The van der Waals surface area contributed by atoms with Crippen LogP contribution in [0.25, 0.3) is 0 Å². The number of aliphatic hydroxyl groups is 1. The molecule has 0 radical (unpaired) electrons. The summed E-state index contributed by atoms with van der Waals surface area (Å²) in [5, 5.41) is 15.5. The molecule has 1 amide bonds. The third-order valence-corrected chi connectivity index (χ3v) is 2.95. The van der Waals surface area contributed by atoms with E-state index >= 15 is 0 Å². The Balaban J connectivity index is 4.04. The van der Waals surface area contributed by atoms with Gasteiger partial charge in [0.2, 0.25) is 5.91 Å². The third-order valence-electron chi connectivity index (χ3n) is 2.95. The second-order valence-electron chi connectivity index (χ2n) is 4.90. The minimum Gasteiger partial charge on any atom is -0.393 e. The summed E-state index contributed by atoms with van der Waals surface area (Å²) in [6.45, 7) is 9.74. The second-order valence-corrected chi connectivity index (χ2v) is 4.90. The van der Waals surface area contributed by atoms with E-state index < -0.39 is 0 Å². The molecule has 4 nitrogen and oxygen atoms in total. The maximum absolute atomic E-state index is 11.9. The lowest BCUT2D eigenvalue weighted by Crippen LogP contribution is -2.49. The Hall–Kier alpha value is -0.610. The van der Waals surface area contributed by atoms with Crippen LogP contribution in [0, 0.1) is 0 Å². The number of amides is 1. The molecule has 0 aliphatic carbocycles. The summed E-state index contributed by atoms with van der Waals surface area (Å²) in [7, 11) is 0. The van der Waals surface area contributed by atoms with Crippen molar-refractivity contribution in [1.29, 1.82) is 0 Å². The van der Waals surface area contributed by atoms with Crippen molar-refractivity contribution in [3.63, 3.8) is 0 Å². The smallest absolute Gasteiger partial charge is 0.237 e. The van der Waals surface area contributed by atoms with Crippen LogP contribution in [-0.2, 0) is 4.79 Å². The molecule has 0 saturated carbocycles. The Labute approximate surface area is 105 Å². The summed E-state index contributed by atoms with van der Waals surface area (Å²) in [6.07, 6.45) is 2.23. The molecule has 17 heavy (non-hydrogen) atoms. The first-order valence-corrected chi connectivity index (χ1v) is 6.65. The first kappa shape index (κ1) is 16.4. The van der Waals surface area contributed by atoms with E-state index in [1.165, 1.54) is 0 Å². The molecule has 0 aromatic carbocycles. The van der Waals surface area contributed by atoms with Crippen molar-refractivity contribution in [1.82, 2.24) is 10.6 Å². The van der Waals surface area contributed by atoms with Gasteiger partial charge in [-0.05, 0) is 40.0 Å². The molecule has 0 spiro atoms. The Kier molecular flexibility index (Phi) is 8.17. The van der Waals surface area contributed by atoms with Crippen LogP contribution < -0.4 is 10.6 Å². The van der Waals surface area contributed by atoms with Crippen LogP contribution in [-0.4, -0.2) is 35.2 Å². The maximum atomic E-state index is 11.9. The maximum Gasteiger partial charge on any atom is 0.237 e. The predicted octanol–water partition coefficient (Wildman–Crippen LogP) is 1.43. The average molecular weight is 244 g/mol.